The van der Waals surface area contributed by atoms with Crippen molar-refractivity contribution in [1.29, 1.82) is 0 Å². The molecule has 4 nitrogen and oxygen atoms in total. The van der Waals surface area contributed by atoms with Gasteiger partial charge in [0.05, 0.1) is 12.1 Å². The van der Waals surface area contributed by atoms with Gasteiger partial charge in [-0.15, -0.1) is 0 Å². The molecule has 2 aromatic rings. The Kier molecular flexibility index (Phi) is 5.06. The molecule has 4 aliphatic heterocycles. The van der Waals surface area contributed by atoms with Gasteiger partial charge in [-0.1, -0.05) is 38.6 Å². The molecule has 0 bridgehead atoms. The predicted octanol–water partition coefficient (Wildman–Crippen LogP) is 3.93. The number of hydrogen-bond acceptors (Lipinski definition) is 3. The minimum absolute atomic E-state index is 1.03. The number of benzene rings is 2. The molecule has 0 amide bonds. The van der Waals surface area contributed by atoms with Crippen molar-refractivity contribution in [1.82, 2.24) is 0 Å². The Morgan fingerprint density at radius 2 is 1.45 bits per heavy atom. The summed E-state index contributed by atoms with van der Waals surface area (Å²) in [6.45, 7) is 13.1. The lowest BCUT2D eigenvalue weighted by atomic mass is 9.95. The molecule has 0 unspecified atom stereocenters. The minimum Gasteiger partial charge on any atom is -0.371 e. The molecule has 6 rings (SSSR count). The van der Waals surface area contributed by atoms with Crippen LogP contribution < -0.4 is 20.2 Å². The zero-order chi connectivity index (χ0) is 22.6. The van der Waals surface area contributed by atoms with Gasteiger partial charge in [0.1, 0.15) is 14.3 Å². The summed E-state index contributed by atoms with van der Waals surface area (Å²) < 4.78 is 2.37. The lowest BCUT2D eigenvalue weighted by Crippen LogP contribution is -2.58. The number of nitrogens with zero attached hydrogens (tertiary/aromatic N) is 4. The lowest BCUT2D eigenvalue weighted by Gasteiger charge is -2.39. The fraction of sp³-hybridized carbons (Fsp3) is 0.429. The van der Waals surface area contributed by atoms with Crippen molar-refractivity contribution in [2.24, 2.45) is 4.99 Å². The van der Waals surface area contributed by atoms with E-state index in [1.54, 1.807) is 10.4 Å². The molecule has 0 atom stereocenters. The number of anilines is 2. The maximum Gasteiger partial charge on any atom is 0.331 e. The van der Waals surface area contributed by atoms with Crippen molar-refractivity contribution < 1.29 is 4.58 Å². The zero-order valence-electron chi connectivity index (χ0n) is 20.3. The van der Waals surface area contributed by atoms with Gasteiger partial charge in [0.2, 0.25) is 0 Å². The Hall–Kier alpha value is -2.66. The van der Waals surface area contributed by atoms with Crippen LogP contribution in [0.2, 0.25) is 13.1 Å². The van der Waals surface area contributed by atoms with Gasteiger partial charge in [0.25, 0.3) is 0 Å². The first-order chi connectivity index (χ1) is 16.1. The fourth-order valence-electron chi connectivity index (χ4n) is 5.65. The van der Waals surface area contributed by atoms with E-state index in [9.17, 15) is 0 Å². The second kappa shape index (κ2) is 7.98. The van der Waals surface area contributed by atoms with E-state index in [0.717, 1.165) is 12.4 Å². The Bertz CT molecular complexity index is 1130. The molecule has 2 fully saturated rings. The van der Waals surface area contributed by atoms with E-state index >= 15 is 0 Å². The first kappa shape index (κ1) is 20.9. The summed E-state index contributed by atoms with van der Waals surface area (Å²) in [6.07, 6.45) is 9.14. The standard InChI is InChI=1S/C28H35N4Si/c1-4-5-13-32-18-12-29-28(32)27-23-10-8-21(30-14-6-15-30)19-25(23)33(2,3)26-20-22(9-11-24(26)27)31-16-7-17-31/h8-12,18-20H,4-7,13-17H2,1-3H3/q+1. The molecule has 0 radical (unpaired) electrons. The first-order valence-electron chi connectivity index (χ1n) is 12.8. The summed E-state index contributed by atoms with van der Waals surface area (Å²) in [5.74, 6) is 1.13. The summed E-state index contributed by atoms with van der Waals surface area (Å²) in [4.78, 5) is 9.98. The second-order valence-corrected chi connectivity index (χ2v) is 14.8. The third-order valence-corrected chi connectivity index (χ3v) is 11.5. The maximum atomic E-state index is 4.93. The van der Waals surface area contributed by atoms with Gasteiger partial charge in [-0.3, -0.25) is 0 Å². The number of hydrogen-bond donors (Lipinski definition) is 0. The van der Waals surface area contributed by atoms with Crippen molar-refractivity contribution in [2.45, 2.75) is 45.7 Å². The van der Waals surface area contributed by atoms with E-state index in [2.05, 4.69) is 77.0 Å². The average Bonchev–Trinajstić information content (AvgIpc) is 3.19. The van der Waals surface area contributed by atoms with Crippen LogP contribution in [0.1, 0.15) is 43.7 Å². The number of aliphatic imine (C=N–C) groups is 1. The maximum absolute atomic E-state index is 4.93. The van der Waals surface area contributed by atoms with E-state index in [0.29, 0.717) is 0 Å². The van der Waals surface area contributed by atoms with Gasteiger partial charge < -0.3 is 9.80 Å². The molecule has 2 aromatic carbocycles. The fourth-order valence-corrected chi connectivity index (χ4v) is 8.73. The third-order valence-electron chi connectivity index (χ3n) is 8.03. The van der Waals surface area contributed by atoms with Crippen LogP contribution in [-0.4, -0.2) is 57.8 Å². The molecule has 4 heterocycles. The van der Waals surface area contributed by atoms with E-state index in [1.807, 2.05) is 6.21 Å². The lowest BCUT2D eigenvalue weighted by molar-refractivity contribution is -0.468. The highest BCUT2D eigenvalue weighted by atomic mass is 28.3. The number of fused-ring (bicyclic) bond motifs is 2. The van der Waals surface area contributed by atoms with Crippen LogP contribution in [0.15, 0.2) is 47.2 Å². The van der Waals surface area contributed by atoms with Crippen LogP contribution in [0.25, 0.3) is 5.57 Å². The molecule has 0 aromatic heterocycles. The average molecular weight is 456 g/mol. The molecular formula is C28H35N4Si+. The van der Waals surface area contributed by atoms with E-state index < -0.39 is 8.07 Å². The second-order valence-electron chi connectivity index (χ2n) is 10.4. The summed E-state index contributed by atoms with van der Waals surface area (Å²) in [6, 6.07) is 14.6. The number of unbranched alkanes of at least 4 members (excludes halogenated alkanes) is 1. The van der Waals surface area contributed by atoms with Crippen LogP contribution in [-0.2, 0) is 0 Å². The van der Waals surface area contributed by atoms with Crippen molar-refractivity contribution in [3.63, 3.8) is 0 Å². The van der Waals surface area contributed by atoms with Crippen LogP contribution >= 0.6 is 0 Å². The zero-order valence-corrected chi connectivity index (χ0v) is 21.3. The van der Waals surface area contributed by atoms with Gasteiger partial charge in [0.15, 0.2) is 6.21 Å². The van der Waals surface area contributed by atoms with E-state index in [-0.39, 0.29) is 0 Å². The van der Waals surface area contributed by atoms with Crippen molar-refractivity contribution in [3.05, 3.63) is 53.3 Å². The smallest absolute Gasteiger partial charge is 0.331 e. The highest BCUT2D eigenvalue weighted by Crippen LogP contribution is 2.37. The van der Waals surface area contributed by atoms with Crippen molar-refractivity contribution in [3.8, 4) is 0 Å². The first-order valence-corrected chi connectivity index (χ1v) is 15.8. The summed E-state index contributed by atoms with van der Waals surface area (Å²) in [5, 5.41) is 3.14. The quantitative estimate of drug-likeness (QED) is 0.503. The molecular weight excluding hydrogens is 420 g/mol. The Balaban J connectivity index is 1.57. The summed E-state index contributed by atoms with van der Waals surface area (Å²) >= 11 is 0. The molecule has 0 aliphatic carbocycles. The van der Waals surface area contributed by atoms with Crippen LogP contribution in [0.3, 0.4) is 0 Å². The van der Waals surface area contributed by atoms with Crippen LogP contribution in [0.4, 0.5) is 11.4 Å². The van der Waals surface area contributed by atoms with Crippen LogP contribution in [0, 0.1) is 0 Å². The van der Waals surface area contributed by atoms with Gasteiger partial charge in [-0.05, 0) is 70.0 Å². The molecule has 170 valence electrons. The van der Waals surface area contributed by atoms with Crippen molar-refractivity contribution >= 4 is 47.8 Å². The Morgan fingerprint density at radius 3 is 1.94 bits per heavy atom. The highest BCUT2D eigenvalue weighted by molar-refractivity contribution is 7.02. The van der Waals surface area contributed by atoms with E-state index in [4.69, 9.17) is 4.99 Å². The predicted molar refractivity (Wildman–Crippen MR) is 144 cm³/mol. The topological polar surface area (TPSA) is 21.9 Å². The largest absolute Gasteiger partial charge is 0.371 e. The number of rotatable bonds is 5. The molecule has 2 saturated heterocycles. The van der Waals surface area contributed by atoms with Crippen LogP contribution in [0.5, 0.6) is 0 Å². The summed E-state index contributed by atoms with van der Waals surface area (Å²) in [5.41, 5.74) is 6.94. The molecule has 0 saturated carbocycles. The SMILES string of the molecule is CCCC[N+]1=CC=NC1=C1c2ccc(N3CCC3)cc2[Si](C)(C)c2cc(N3CCC3)ccc21. The van der Waals surface area contributed by atoms with E-state index in [1.165, 1.54) is 79.9 Å². The highest BCUT2D eigenvalue weighted by Gasteiger charge is 2.41. The van der Waals surface area contributed by atoms with Gasteiger partial charge >= 0.3 is 5.82 Å². The molecule has 33 heavy (non-hydrogen) atoms. The van der Waals surface area contributed by atoms with Gasteiger partial charge in [-0.25, -0.2) is 4.58 Å². The summed E-state index contributed by atoms with van der Waals surface area (Å²) in [7, 11) is -1.87. The van der Waals surface area contributed by atoms with Gasteiger partial charge in [-0.2, -0.15) is 0 Å². The molecule has 4 aliphatic rings. The third kappa shape index (κ3) is 3.31. The normalized spacial score (nSPS) is 20.3. The van der Waals surface area contributed by atoms with Gasteiger partial charge in [0, 0.05) is 37.6 Å². The Labute approximate surface area is 199 Å². The molecule has 5 heteroatoms. The molecule has 0 spiro atoms. The molecule has 0 N–H and O–H groups in total. The monoisotopic (exact) mass is 455 g/mol. The Morgan fingerprint density at radius 1 is 0.879 bits per heavy atom. The minimum atomic E-state index is -1.87. The van der Waals surface area contributed by atoms with Crippen molar-refractivity contribution in [2.75, 3.05) is 42.5 Å².